The first kappa shape index (κ1) is 22.9. The van der Waals surface area contributed by atoms with E-state index in [1.807, 2.05) is 23.6 Å². The van der Waals surface area contributed by atoms with Crippen LogP contribution < -0.4 is 10.1 Å². The van der Waals surface area contributed by atoms with Gasteiger partial charge in [0.1, 0.15) is 5.75 Å². The van der Waals surface area contributed by atoms with Crippen LogP contribution in [0.5, 0.6) is 5.75 Å². The molecule has 7 nitrogen and oxygen atoms in total. The lowest BCUT2D eigenvalue weighted by atomic mass is 10.2. The second kappa shape index (κ2) is 10.5. The van der Waals surface area contributed by atoms with Crippen LogP contribution in [0.1, 0.15) is 5.89 Å². The maximum Gasteiger partial charge on any atom is 0.277 e. The Bertz CT molecular complexity index is 1250. The summed E-state index contributed by atoms with van der Waals surface area (Å²) in [6.45, 7) is 0.0695. The summed E-state index contributed by atoms with van der Waals surface area (Å²) in [5, 5.41) is 14.5. The van der Waals surface area contributed by atoms with Gasteiger partial charge in [-0.15, -0.1) is 21.5 Å². The number of para-hydroxylation sites is 1. The minimum Gasteiger partial charge on any atom is -0.482 e. The van der Waals surface area contributed by atoms with Crippen LogP contribution in [0.2, 0.25) is 15.1 Å². The number of amides is 1. The maximum absolute atomic E-state index is 12.3. The van der Waals surface area contributed by atoms with Crippen molar-refractivity contribution in [1.82, 2.24) is 15.2 Å². The van der Waals surface area contributed by atoms with E-state index >= 15 is 0 Å². The predicted molar refractivity (Wildman–Crippen MR) is 127 cm³/mol. The van der Waals surface area contributed by atoms with Gasteiger partial charge in [0.15, 0.2) is 11.7 Å². The molecule has 0 aliphatic carbocycles. The number of hydrogen-bond acceptors (Lipinski definition) is 8. The molecule has 4 aromatic rings. The number of ether oxygens (including phenoxy) is 1. The third kappa shape index (κ3) is 5.93. The molecule has 0 radical (unpaired) electrons. The summed E-state index contributed by atoms with van der Waals surface area (Å²) in [6.07, 6.45) is 0. The molecule has 0 saturated heterocycles. The van der Waals surface area contributed by atoms with Gasteiger partial charge < -0.3 is 14.5 Å². The van der Waals surface area contributed by atoms with Crippen LogP contribution in [0.25, 0.3) is 11.3 Å². The number of nitrogens with one attached hydrogen (secondary N) is 1. The Hall–Kier alpha value is -2.30. The number of carbonyl (C=O) groups excluding carboxylic acids is 1. The molecule has 164 valence electrons. The minimum absolute atomic E-state index is 0.0695. The van der Waals surface area contributed by atoms with Gasteiger partial charge >= 0.3 is 0 Å². The molecule has 0 unspecified atom stereocenters. The molecule has 2 aromatic heterocycles. The van der Waals surface area contributed by atoms with E-state index in [1.54, 1.807) is 24.3 Å². The Kier molecular flexibility index (Phi) is 7.54. The second-order valence-corrected chi connectivity index (χ2v) is 9.19. The van der Waals surface area contributed by atoms with Crippen molar-refractivity contribution in [2.75, 3.05) is 11.1 Å². The standard InChI is InChI=1S/C20H13Cl3N4O3S2/c21-12-6-5-11(7-14(12)23)15-9-31-19(24-15)25-17(28)10-32-20-27-26-18(30-20)8-29-16-4-2-1-3-13(16)22/h1-7,9H,8,10H2,(H,24,25,28). The molecular weight excluding hydrogens is 515 g/mol. The molecular formula is C20H13Cl3N4O3S2. The number of nitrogens with zero attached hydrogens (tertiary/aromatic N) is 3. The van der Waals surface area contributed by atoms with Gasteiger partial charge in [0.2, 0.25) is 5.91 Å². The highest BCUT2D eigenvalue weighted by Gasteiger charge is 2.13. The fourth-order valence-corrected chi connectivity index (χ4v) is 4.26. The number of carbonyl (C=O) groups is 1. The maximum atomic E-state index is 12.3. The van der Waals surface area contributed by atoms with E-state index in [2.05, 4.69) is 20.5 Å². The van der Waals surface area contributed by atoms with Crippen LogP contribution in [-0.4, -0.2) is 26.8 Å². The van der Waals surface area contributed by atoms with Crippen LogP contribution in [0.3, 0.4) is 0 Å². The first-order valence-electron chi connectivity index (χ1n) is 9.01. The second-order valence-electron chi connectivity index (χ2n) is 6.18. The molecule has 32 heavy (non-hydrogen) atoms. The zero-order chi connectivity index (χ0) is 22.5. The van der Waals surface area contributed by atoms with Crippen molar-refractivity contribution in [1.29, 1.82) is 0 Å². The molecule has 0 aliphatic rings. The first-order valence-corrected chi connectivity index (χ1v) is 12.0. The van der Waals surface area contributed by atoms with Crippen molar-refractivity contribution in [2.24, 2.45) is 0 Å². The average Bonchev–Trinajstić information content (AvgIpc) is 3.43. The molecule has 4 rings (SSSR count). The number of benzene rings is 2. The molecule has 0 atom stereocenters. The SMILES string of the molecule is O=C(CSc1nnc(COc2ccccc2Cl)o1)Nc1nc(-c2ccc(Cl)c(Cl)c2)cs1. The van der Waals surface area contributed by atoms with Gasteiger partial charge in [0, 0.05) is 10.9 Å². The van der Waals surface area contributed by atoms with E-state index < -0.39 is 0 Å². The highest BCUT2D eigenvalue weighted by Crippen LogP contribution is 2.30. The molecule has 0 aliphatic heterocycles. The molecule has 0 bridgehead atoms. The van der Waals surface area contributed by atoms with E-state index in [-0.39, 0.29) is 29.4 Å². The lowest BCUT2D eigenvalue weighted by Crippen LogP contribution is -2.13. The number of thioether (sulfide) groups is 1. The summed E-state index contributed by atoms with van der Waals surface area (Å²) in [7, 11) is 0. The van der Waals surface area contributed by atoms with Crippen molar-refractivity contribution < 1.29 is 13.9 Å². The molecule has 0 saturated carbocycles. The predicted octanol–water partition coefficient (Wildman–Crippen LogP) is 6.46. The molecule has 12 heteroatoms. The molecule has 1 amide bonds. The van der Waals surface area contributed by atoms with Gasteiger partial charge in [-0.3, -0.25) is 4.79 Å². The van der Waals surface area contributed by atoms with Gasteiger partial charge in [-0.05, 0) is 24.3 Å². The lowest BCUT2D eigenvalue weighted by molar-refractivity contribution is -0.113. The number of hydrogen-bond donors (Lipinski definition) is 1. The Labute approximate surface area is 206 Å². The Balaban J connectivity index is 1.27. The van der Waals surface area contributed by atoms with Crippen molar-refractivity contribution in [3.8, 4) is 17.0 Å². The summed E-state index contributed by atoms with van der Waals surface area (Å²) in [5.41, 5.74) is 1.50. The summed E-state index contributed by atoms with van der Waals surface area (Å²) in [5.74, 6) is 0.620. The largest absolute Gasteiger partial charge is 0.482 e. The first-order chi connectivity index (χ1) is 15.5. The van der Waals surface area contributed by atoms with Crippen LogP contribution in [0.4, 0.5) is 5.13 Å². The van der Waals surface area contributed by atoms with Crippen LogP contribution in [-0.2, 0) is 11.4 Å². The van der Waals surface area contributed by atoms with E-state index in [9.17, 15) is 4.79 Å². The summed E-state index contributed by atoms with van der Waals surface area (Å²) < 4.78 is 11.0. The molecule has 1 N–H and O–H groups in total. The summed E-state index contributed by atoms with van der Waals surface area (Å²) >= 11 is 20.5. The van der Waals surface area contributed by atoms with Crippen molar-refractivity contribution in [3.63, 3.8) is 0 Å². The topological polar surface area (TPSA) is 90.1 Å². The fraction of sp³-hybridized carbons (Fsp3) is 0.100. The third-order valence-electron chi connectivity index (χ3n) is 3.93. The fourth-order valence-electron chi connectivity index (χ4n) is 2.46. The van der Waals surface area contributed by atoms with E-state index in [1.165, 1.54) is 11.3 Å². The van der Waals surface area contributed by atoms with E-state index in [4.69, 9.17) is 44.0 Å². The molecule has 2 aromatic carbocycles. The van der Waals surface area contributed by atoms with Gasteiger partial charge in [-0.2, -0.15) is 0 Å². The van der Waals surface area contributed by atoms with E-state index in [0.717, 1.165) is 17.3 Å². The highest BCUT2D eigenvalue weighted by molar-refractivity contribution is 7.99. The average molecular weight is 528 g/mol. The summed E-state index contributed by atoms with van der Waals surface area (Å²) in [6, 6.07) is 12.3. The lowest BCUT2D eigenvalue weighted by Gasteiger charge is -2.04. The van der Waals surface area contributed by atoms with Crippen LogP contribution >= 0.6 is 57.9 Å². The molecule has 2 heterocycles. The number of thiazole rings is 1. The van der Waals surface area contributed by atoms with Crippen molar-refractivity contribution >= 4 is 68.9 Å². The smallest absolute Gasteiger partial charge is 0.277 e. The molecule has 0 spiro atoms. The Morgan fingerprint density at radius 2 is 1.94 bits per heavy atom. The van der Waals surface area contributed by atoms with Crippen molar-refractivity contribution in [2.45, 2.75) is 11.8 Å². The monoisotopic (exact) mass is 526 g/mol. The Morgan fingerprint density at radius 1 is 1.09 bits per heavy atom. The van der Waals surface area contributed by atoms with Crippen LogP contribution in [0.15, 0.2) is 57.5 Å². The van der Waals surface area contributed by atoms with Gasteiger partial charge in [-0.25, -0.2) is 4.98 Å². The van der Waals surface area contributed by atoms with Gasteiger partial charge in [0.25, 0.3) is 11.1 Å². The van der Waals surface area contributed by atoms with Crippen LogP contribution in [0, 0.1) is 0 Å². The molecule has 0 fully saturated rings. The number of aromatic nitrogens is 3. The Morgan fingerprint density at radius 3 is 2.75 bits per heavy atom. The zero-order valence-corrected chi connectivity index (χ0v) is 20.0. The minimum atomic E-state index is -0.253. The van der Waals surface area contributed by atoms with Gasteiger partial charge in [-0.1, -0.05) is 64.8 Å². The number of anilines is 1. The quantitative estimate of drug-likeness (QED) is 0.263. The number of rotatable bonds is 8. The third-order valence-corrected chi connectivity index (χ3v) is 6.56. The van der Waals surface area contributed by atoms with Crippen molar-refractivity contribution in [3.05, 3.63) is 68.8 Å². The highest BCUT2D eigenvalue weighted by atomic mass is 35.5. The normalized spacial score (nSPS) is 10.8. The summed E-state index contributed by atoms with van der Waals surface area (Å²) in [4.78, 5) is 16.7. The van der Waals surface area contributed by atoms with E-state index in [0.29, 0.717) is 31.6 Å². The number of halogens is 3. The zero-order valence-electron chi connectivity index (χ0n) is 16.0. The van der Waals surface area contributed by atoms with Gasteiger partial charge in [0.05, 0.1) is 26.5 Å².